The van der Waals surface area contributed by atoms with Crippen LogP contribution >= 0.6 is 22.7 Å². The highest BCUT2D eigenvalue weighted by Crippen LogP contribution is 2.63. The van der Waals surface area contributed by atoms with Gasteiger partial charge in [-0.3, -0.25) is 0 Å². The van der Waals surface area contributed by atoms with Crippen LogP contribution in [0.4, 0.5) is 45.5 Å². The number of hydrogen-bond acceptors (Lipinski definition) is 5. The van der Waals surface area contributed by atoms with E-state index in [2.05, 4.69) is 244 Å². The van der Waals surface area contributed by atoms with Crippen molar-refractivity contribution >= 4 is 132 Å². The first-order valence-electron chi connectivity index (χ1n) is 30.9. The highest BCUT2D eigenvalue weighted by molar-refractivity contribution is 7.26. The van der Waals surface area contributed by atoms with Crippen LogP contribution in [0.15, 0.2) is 140 Å². The third-order valence-electron chi connectivity index (χ3n) is 22.5. The Balaban J connectivity index is 1.10. The molecule has 2 aromatic heterocycles. The van der Waals surface area contributed by atoms with Gasteiger partial charge in [-0.1, -0.05) is 169 Å². The molecule has 16 rings (SSSR count). The van der Waals surface area contributed by atoms with Crippen molar-refractivity contribution in [1.29, 1.82) is 0 Å². The summed E-state index contributed by atoms with van der Waals surface area (Å²) in [6, 6.07) is 56.8. The molecule has 2 atom stereocenters. The van der Waals surface area contributed by atoms with Crippen molar-refractivity contribution in [2.75, 3.05) is 14.7 Å². The Morgan fingerprint density at radius 2 is 1.00 bits per heavy atom. The van der Waals surface area contributed by atoms with Crippen molar-refractivity contribution in [3.05, 3.63) is 173 Å². The fourth-order valence-electron chi connectivity index (χ4n) is 17.3. The van der Waals surface area contributed by atoms with Crippen molar-refractivity contribution in [2.45, 2.75) is 179 Å². The van der Waals surface area contributed by atoms with Gasteiger partial charge >= 0.3 is 0 Å². The molecule has 2 unspecified atom stereocenters. The second-order valence-electron chi connectivity index (χ2n) is 30.1. The molecule has 10 aromatic rings. The van der Waals surface area contributed by atoms with E-state index >= 15 is 0 Å². The summed E-state index contributed by atoms with van der Waals surface area (Å²) in [4.78, 5) is 8.50. The van der Waals surface area contributed by atoms with E-state index in [0.717, 1.165) is 19.3 Å². The average Bonchev–Trinajstić information content (AvgIpc) is 1.82. The van der Waals surface area contributed by atoms with Crippen LogP contribution in [0.25, 0.3) is 40.3 Å². The average molecular weight is 1110 g/mol. The maximum atomic E-state index is 2.89. The Hall–Kier alpha value is -6.34. The van der Waals surface area contributed by atoms with Gasteiger partial charge in [0.15, 0.2) is 0 Å². The first-order valence-corrected chi connectivity index (χ1v) is 32.5. The molecule has 0 bridgehead atoms. The van der Waals surface area contributed by atoms with Gasteiger partial charge in [-0.25, -0.2) is 0 Å². The predicted octanol–water partition coefficient (Wildman–Crippen LogP) is 20.2. The van der Waals surface area contributed by atoms with Gasteiger partial charge in [-0.2, -0.15) is 0 Å². The number of hydrogen-bond donors (Lipinski definition) is 0. The number of fused-ring (bicyclic) bond motifs is 16. The van der Waals surface area contributed by atoms with E-state index < -0.39 is 0 Å². The Labute approximate surface area is 495 Å². The first-order chi connectivity index (χ1) is 39.0. The maximum absolute atomic E-state index is 2.89. The van der Waals surface area contributed by atoms with Crippen molar-refractivity contribution in [1.82, 2.24) is 0 Å². The minimum absolute atomic E-state index is 0.0108. The number of anilines is 8. The van der Waals surface area contributed by atoms with Crippen LogP contribution in [0.1, 0.15) is 175 Å². The number of thiophene rings is 2. The number of rotatable bonds is 3. The summed E-state index contributed by atoms with van der Waals surface area (Å²) in [6.07, 6.45) is 9.45. The lowest BCUT2D eigenvalue weighted by atomic mass is 9.33. The predicted molar refractivity (Wildman–Crippen MR) is 358 cm³/mol. The topological polar surface area (TPSA) is 9.72 Å². The maximum Gasteiger partial charge on any atom is 0.252 e. The zero-order chi connectivity index (χ0) is 56.6. The molecule has 0 spiro atoms. The molecule has 6 aliphatic rings. The molecule has 6 heteroatoms. The molecule has 0 amide bonds. The summed E-state index contributed by atoms with van der Waals surface area (Å²) < 4.78 is 5.33. The van der Waals surface area contributed by atoms with Gasteiger partial charge in [0.1, 0.15) is 0 Å². The van der Waals surface area contributed by atoms with Gasteiger partial charge < -0.3 is 14.7 Å². The zero-order valence-electron chi connectivity index (χ0n) is 50.7. The second-order valence-corrected chi connectivity index (χ2v) is 32.2. The molecule has 0 radical (unpaired) electrons. The molecule has 1 fully saturated rings. The smallest absolute Gasteiger partial charge is 0.252 e. The lowest BCUT2D eigenvalue weighted by Gasteiger charge is -2.51. The van der Waals surface area contributed by atoms with Crippen molar-refractivity contribution < 1.29 is 0 Å². The van der Waals surface area contributed by atoms with Gasteiger partial charge in [0.05, 0.1) is 16.9 Å². The van der Waals surface area contributed by atoms with Crippen LogP contribution in [0.5, 0.6) is 0 Å². The zero-order valence-corrected chi connectivity index (χ0v) is 52.3. The van der Waals surface area contributed by atoms with E-state index in [-0.39, 0.29) is 44.7 Å². The van der Waals surface area contributed by atoms with Crippen LogP contribution in [-0.2, 0) is 32.5 Å². The van der Waals surface area contributed by atoms with Crippen LogP contribution in [-0.4, -0.2) is 12.3 Å². The lowest BCUT2D eigenvalue weighted by molar-refractivity contribution is 0.195. The Kier molecular flexibility index (Phi) is 10.5. The molecule has 3 aliphatic heterocycles. The van der Waals surface area contributed by atoms with E-state index in [1.54, 1.807) is 0 Å². The minimum Gasteiger partial charge on any atom is -0.334 e. The van der Waals surface area contributed by atoms with Gasteiger partial charge in [0.25, 0.3) is 6.71 Å². The van der Waals surface area contributed by atoms with E-state index in [1.807, 2.05) is 22.7 Å². The third-order valence-corrected chi connectivity index (χ3v) is 24.7. The van der Waals surface area contributed by atoms with Crippen molar-refractivity contribution in [3.63, 3.8) is 0 Å². The van der Waals surface area contributed by atoms with E-state index in [1.165, 1.54) is 168 Å². The Bertz CT molecular complexity index is 4430. The molecular weight excluding hydrogens is 1030 g/mol. The van der Waals surface area contributed by atoms with Gasteiger partial charge in [-0.15, -0.1) is 22.7 Å². The van der Waals surface area contributed by atoms with Crippen LogP contribution in [0, 0.1) is 0 Å². The Morgan fingerprint density at radius 3 is 1.68 bits per heavy atom. The third kappa shape index (κ3) is 6.83. The molecule has 8 aromatic carbocycles. The molecule has 82 heavy (non-hydrogen) atoms. The number of benzene rings is 8. The largest absolute Gasteiger partial charge is 0.334 e. The van der Waals surface area contributed by atoms with Gasteiger partial charge in [-0.05, 0) is 189 Å². The monoisotopic (exact) mass is 1110 g/mol. The van der Waals surface area contributed by atoms with E-state index in [0.29, 0.717) is 0 Å². The lowest BCUT2D eigenvalue weighted by Crippen LogP contribution is -2.62. The SMILES string of the molecule is CC(C)(C)c1ccc2c(c1)C1(C)CCCCC1(C)N2c1cc2c3c(c1)N(c1cccc4sc5ccccc5c14)c1c(ccc4sc5ccccc5c14)B3c1cc3c(cc1N2c1ccc2c(c1)C(C)(C)CCC2(C)C)C(C)(C)CCC3(C)C. The summed E-state index contributed by atoms with van der Waals surface area (Å²) in [5.74, 6) is 0. The standard InChI is InChI=1S/C76H78BN3S2/c1-70(2,3)45-27-31-57-54(39-45)75(12)33-18-19-34-76(75,13)80(57)47-41-60-68-61(42-47)79(58-23-20-26-64-66(58)48-21-14-16-24-62(48)81-64)69-55(30-32-65-67(69)49-22-15-17-25-63(49)82-65)77(68)56-43-52-53(74(10,11)38-37-73(52,8)9)44-59(56)78(60)46-28-29-50-51(40-46)72(6,7)36-35-71(50,4)5/h14-17,20-32,39-44H,18-19,33-38H2,1-13H3. The van der Waals surface area contributed by atoms with Crippen molar-refractivity contribution in [3.8, 4) is 0 Å². The molecule has 412 valence electrons. The highest BCUT2D eigenvalue weighted by atomic mass is 32.1. The van der Waals surface area contributed by atoms with E-state index in [9.17, 15) is 0 Å². The number of nitrogens with zero attached hydrogens (tertiary/aromatic N) is 3. The summed E-state index contributed by atoms with van der Waals surface area (Å²) in [6.45, 7) is 32.5. The van der Waals surface area contributed by atoms with Crippen LogP contribution in [0.3, 0.4) is 0 Å². The van der Waals surface area contributed by atoms with Crippen LogP contribution < -0.4 is 31.1 Å². The summed E-state index contributed by atoms with van der Waals surface area (Å²) in [5.41, 5.74) is 23.6. The normalized spacial score (nSPS) is 22.5. The van der Waals surface area contributed by atoms with Crippen LogP contribution in [0.2, 0.25) is 0 Å². The fraction of sp³-hybridized carbons (Fsp3) is 0.368. The van der Waals surface area contributed by atoms with Gasteiger partial charge in [0, 0.05) is 79.9 Å². The molecule has 0 saturated heterocycles. The molecule has 1 saturated carbocycles. The van der Waals surface area contributed by atoms with E-state index in [4.69, 9.17) is 0 Å². The van der Waals surface area contributed by atoms with Crippen molar-refractivity contribution in [2.24, 2.45) is 0 Å². The minimum atomic E-state index is -0.171. The van der Waals surface area contributed by atoms with Gasteiger partial charge in [0.2, 0.25) is 0 Å². The first kappa shape index (κ1) is 51.3. The molecule has 5 heterocycles. The summed E-state index contributed by atoms with van der Waals surface area (Å²) in [7, 11) is 0. The summed E-state index contributed by atoms with van der Waals surface area (Å²) in [5, 5.41) is 5.36. The molecule has 0 N–H and O–H groups in total. The fourth-order valence-corrected chi connectivity index (χ4v) is 19.5. The molecular formula is C76H78BN3S2. The Morgan fingerprint density at radius 1 is 0.415 bits per heavy atom. The summed E-state index contributed by atoms with van der Waals surface area (Å²) >= 11 is 3.88. The molecule has 3 aliphatic carbocycles. The highest BCUT2D eigenvalue weighted by Gasteiger charge is 2.59. The second kappa shape index (κ2) is 16.7. The molecule has 3 nitrogen and oxygen atoms in total. The quantitative estimate of drug-likeness (QED) is 0.163.